The molecule has 0 aliphatic rings. The van der Waals surface area contributed by atoms with E-state index < -0.39 is 5.82 Å². The lowest BCUT2D eigenvalue weighted by Crippen LogP contribution is -2.55. The van der Waals surface area contributed by atoms with Gasteiger partial charge in [0.25, 0.3) is 0 Å². The van der Waals surface area contributed by atoms with E-state index >= 15 is 0 Å². The Labute approximate surface area is 189 Å². The van der Waals surface area contributed by atoms with Crippen molar-refractivity contribution in [2.45, 2.75) is 0 Å². The van der Waals surface area contributed by atoms with E-state index in [-0.39, 0.29) is 82.6 Å². The van der Waals surface area contributed by atoms with E-state index in [0.717, 1.165) is 6.07 Å². The van der Waals surface area contributed by atoms with E-state index in [4.69, 9.17) is 84.2 Å². The first-order chi connectivity index (χ1) is 13.9. The van der Waals surface area contributed by atoms with E-state index in [1.54, 1.807) is 0 Å². The smallest absolute Gasteiger partial charge is 0.147 e. The Kier molecular flexibility index (Phi) is 6.02. The maximum absolute atomic E-state index is 14.8. The predicted molar refractivity (Wildman–Crippen MR) is 136 cm³/mol. The van der Waals surface area contributed by atoms with Crippen LogP contribution in [-0.4, -0.2) is 78.5 Å². The highest BCUT2D eigenvalue weighted by molar-refractivity contribution is 6.70. The molecule has 0 heterocycles. The molecule has 0 fully saturated rings. The van der Waals surface area contributed by atoms with Gasteiger partial charge in [-0.05, 0) is 28.8 Å². The third-order valence-electron chi connectivity index (χ3n) is 5.09. The highest BCUT2D eigenvalue weighted by Crippen LogP contribution is 2.30. The Hall–Kier alpha value is -1.96. The summed E-state index contributed by atoms with van der Waals surface area (Å²) >= 11 is 0. The monoisotopic (exact) mass is 363 g/mol. The zero-order valence-electron chi connectivity index (χ0n) is 15.9. The van der Waals surface area contributed by atoms with Crippen LogP contribution in [0.5, 0.6) is 0 Å². The fourth-order valence-electron chi connectivity index (χ4n) is 3.27. The second-order valence-electron chi connectivity index (χ2n) is 6.81. The summed E-state index contributed by atoms with van der Waals surface area (Å²) in [6.45, 7) is 0. The fraction of sp³-hybridized carbons (Fsp3) is 0. The third-order valence-corrected chi connectivity index (χ3v) is 5.09. The molecule has 3 rings (SSSR count). The molecule has 2 N–H and O–H groups in total. The minimum Gasteiger partial charge on any atom is -0.396 e. The van der Waals surface area contributed by atoms with E-state index in [1.807, 2.05) is 0 Å². The minimum absolute atomic E-state index is 0.00971. The van der Waals surface area contributed by atoms with Crippen molar-refractivity contribution in [1.29, 1.82) is 0 Å². The number of hydrogen-bond donors (Lipinski definition) is 1. The summed E-state index contributed by atoms with van der Waals surface area (Å²) in [4.78, 5) is 0. The number of nitrogen functional groups attached to an aromatic ring is 1. The molecule has 3 aromatic carbocycles. The Balaban J connectivity index is 2.44. The number of benzene rings is 3. The van der Waals surface area contributed by atoms with Crippen molar-refractivity contribution in [3.8, 4) is 22.3 Å². The first kappa shape index (κ1) is 22.7. The second-order valence-corrected chi connectivity index (χ2v) is 6.81. The van der Waals surface area contributed by atoms with Crippen molar-refractivity contribution >= 4 is 139 Å². The van der Waals surface area contributed by atoms with Crippen LogP contribution in [0.4, 0.5) is 10.1 Å². The molecule has 0 atom stereocenters. The molecule has 0 spiro atoms. The summed E-state index contributed by atoms with van der Waals surface area (Å²) in [5.41, 5.74) is 6.35. The lowest BCUT2D eigenvalue weighted by atomic mass is 9.59. The molecule has 0 saturated heterocycles. The Morgan fingerprint density at radius 3 is 1.23 bits per heavy atom. The van der Waals surface area contributed by atoms with Crippen molar-refractivity contribution < 1.29 is 4.39 Å². The van der Waals surface area contributed by atoms with Crippen LogP contribution >= 0.6 is 0 Å². The van der Waals surface area contributed by atoms with Gasteiger partial charge in [-0.25, -0.2) is 4.39 Å². The lowest BCUT2D eigenvalue weighted by molar-refractivity contribution is 0.633. The van der Waals surface area contributed by atoms with E-state index in [1.165, 1.54) is 6.07 Å². The van der Waals surface area contributed by atoms with Crippen molar-refractivity contribution in [2.75, 3.05) is 5.73 Å². The van der Waals surface area contributed by atoms with Gasteiger partial charge in [-0.3, -0.25) is 0 Å². The number of nitrogens with two attached hydrogens (primary N) is 1. The van der Waals surface area contributed by atoms with Gasteiger partial charge in [0.15, 0.2) is 0 Å². The van der Waals surface area contributed by atoms with Gasteiger partial charge in [-0.1, -0.05) is 21.9 Å². The topological polar surface area (TPSA) is 26.0 Å². The summed E-state index contributed by atoms with van der Waals surface area (Å²) in [6.07, 6.45) is 0. The van der Waals surface area contributed by atoms with Crippen molar-refractivity contribution in [3.63, 3.8) is 0 Å². The predicted octanol–water partition coefficient (Wildman–Crippen LogP) is -7.32. The summed E-state index contributed by atoms with van der Waals surface area (Å²) in [5.74, 6) is -0.803. The average Bonchev–Trinajstić information content (AvgIpc) is 2.71. The van der Waals surface area contributed by atoms with Crippen LogP contribution in [0.1, 0.15) is 0 Å². The quantitative estimate of drug-likeness (QED) is 0.356. The molecule has 118 valence electrons. The number of halogens is 1. The standard InChI is InChI=1S/C18H4B10FN/c19-8-6(9(20)13(24)16(27)12(8)23)3-1-4(18(30)5(29)2-3)7-10(21)14(25)17(28)15(26)11(7)22/h1-2H,30H2. The molecular formula is C18H4B10FN. The van der Waals surface area contributed by atoms with Gasteiger partial charge in [-0.2, -0.15) is 0 Å². The molecule has 20 radical (unpaired) electrons. The summed E-state index contributed by atoms with van der Waals surface area (Å²) in [6, 6.07) is 2.58. The van der Waals surface area contributed by atoms with Gasteiger partial charge in [0.1, 0.15) is 84.3 Å². The Morgan fingerprint density at radius 1 is 0.500 bits per heavy atom. The highest BCUT2D eigenvalue weighted by Gasteiger charge is 2.19. The number of rotatable bonds is 2. The van der Waals surface area contributed by atoms with Gasteiger partial charge in [0.05, 0.1) is 5.69 Å². The average molecular weight is 361 g/mol. The van der Waals surface area contributed by atoms with E-state index in [9.17, 15) is 4.39 Å². The molecule has 1 nitrogen and oxygen atoms in total. The van der Waals surface area contributed by atoms with Crippen LogP contribution in [0.15, 0.2) is 12.1 Å². The van der Waals surface area contributed by atoms with Crippen molar-refractivity contribution in [3.05, 3.63) is 17.9 Å². The molecule has 0 unspecified atom stereocenters. The number of hydrogen-bond acceptors (Lipinski definition) is 1. The normalized spacial score (nSPS) is 11.0. The molecule has 0 saturated carbocycles. The molecular weight excluding hydrogens is 357 g/mol. The highest BCUT2D eigenvalue weighted by atomic mass is 19.1. The molecule has 0 aliphatic heterocycles. The number of anilines is 1. The molecule has 12 heteroatoms. The van der Waals surface area contributed by atoms with Crippen LogP contribution in [0.3, 0.4) is 0 Å². The van der Waals surface area contributed by atoms with Crippen LogP contribution in [0.2, 0.25) is 0 Å². The van der Waals surface area contributed by atoms with Gasteiger partial charge in [0.2, 0.25) is 0 Å². The molecule has 3 aromatic rings. The third kappa shape index (κ3) is 3.33. The van der Waals surface area contributed by atoms with Crippen molar-refractivity contribution in [2.24, 2.45) is 0 Å². The van der Waals surface area contributed by atoms with Gasteiger partial charge in [-0.15, -0.1) is 32.8 Å². The van der Waals surface area contributed by atoms with Gasteiger partial charge in [0, 0.05) is 5.56 Å². The van der Waals surface area contributed by atoms with E-state index in [0.29, 0.717) is 0 Å². The molecule has 0 aromatic heterocycles. The molecule has 0 bridgehead atoms. The zero-order valence-corrected chi connectivity index (χ0v) is 15.9. The maximum atomic E-state index is 14.8. The van der Waals surface area contributed by atoms with Crippen LogP contribution in [-0.2, 0) is 0 Å². The lowest BCUT2D eigenvalue weighted by Gasteiger charge is -2.25. The van der Waals surface area contributed by atoms with E-state index in [2.05, 4.69) is 0 Å². The second kappa shape index (κ2) is 7.94. The van der Waals surface area contributed by atoms with Crippen LogP contribution in [0.25, 0.3) is 22.3 Å². The minimum atomic E-state index is -0.803. The Morgan fingerprint density at radius 2 is 0.833 bits per heavy atom. The first-order valence-corrected chi connectivity index (χ1v) is 8.52. The summed E-state index contributed by atoms with van der Waals surface area (Å²) in [5, 5.41) is 0. The zero-order chi connectivity index (χ0) is 22.7. The van der Waals surface area contributed by atoms with Gasteiger partial charge >= 0.3 is 0 Å². The molecule has 0 amide bonds. The maximum Gasteiger partial charge on any atom is 0.147 e. The summed E-state index contributed by atoms with van der Waals surface area (Å²) in [7, 11) is 59.7. The molecule has 0 aliphatic carbocycles. The van der Waals surface area contributed by atoms with Gasteiger partial charge < -0.3 is 5.73 Å². The van der Waals surface area contributed by atoms with Crippen LogP contribution < -0.4 is 60.4 Å². The summed E-state index contributed by atoms with van der Waals surface area (Å²) < 4.78 is 14.8. The van der Waals surface area contributed by atoms with Crippen molar-refractivity contribution in [1.82, 2.24) is 0 Å². The SMILES string of the molecule is [B]c1c([B])c([B])c(-c2cc(F)c(N)c(-c3c([B])c([B])c([B])c([B])c3[B])c2)c([B])c1[B]. The largest absolute Gasteiger partial charge is 0.396 e. The Bertz CT molecular complexity index is 1170. The fourth-order valence-corrected chi connectivity index (χ4v) is 3.27. The van der Waals surface area contributed by atoms with Crippen LogP contribution in [0, 0.1) is 5.82 Å². The first-order valence-electron chi connectivity index (χ1n) is 8.52. The molecule has 30 heavy (non-hydrogen) atoms.